The number of ether oxygens (including phenoxy) is 1. The second kappa shape index (κ2) is 7.10. The van der Waals surface area contributed by atoms with E-state index in [1.807, 2.05) is 0 Å². The van der Waals surface area contributed by atoms with Gasteiger partial charge in [-0.25, -0.2) is 19.4 Å². The number of carboxylic acid groups (broad SMARTS) is 1. The molecule has 0 bridgehead atoms. The highest BCUT2D eigenvalue weighted by Gasteiger charge is 2.06. The predicted octanol–water partition coefficient (Wildman–Crippen LogP) is -0.507. The molecule has 0 fully saturated rings. The average molecular weight is 291 g/mol. The minimum absolute atomic E-state index is 0.127. The van der Waals surface area contributed by atoms with Crippen molar-refractivity contribution in [1.29, 1.82) is 0 Å². The van der Waals surface area contributed by atoms with Gasteiger partial charge in [0.1, 0.15) is 19.3 Å². The summed E-state index contributed by atoms with van der Waals surface area (Å²) in [7, 11) is 0. The molecular weight excluding hydrogens is 278 g/mol. The predicted molar refractivity (Wildman–Crippen MR) is 69.9 cm³/mol. The van der Waals surface area contributed by atoms with Gasteiger partial charge in [0, 0.05) is 12.7 Å². The number of amides is 1. The second-order valence-electron chi connectivity index (χ2n) is 3.95. The second-order valence-corrected chi connectivity index (χ2v) is 3.95. The molecule has 0 aliphatic rings. The van der Waals surface area contributed by atoms with Crippen molar-refractivity contribution in [3.63, 3.8) is 0 Å². The Morgan fingerprint density at radius 2 is 2.24 bits per heavy atom. The molecule has 1 amide bonds. The first-order valence-corrected chi connectivity index (χ1v) is 6.05. The van der Waals surface area contributed by atoms with Crippen LogP contribution in [0.4, 0.5) is 0 Å². The molecule has 0 unspecified atom stereocenters. The van der Waals surface area contributed by atoms with Crippen molar-refractivity contribution in [1.82, 2.24) is 25.1 Å². The lowest BCUT2D eigenvalue weighted by Gasteiger charge is -2.05. The topological polar surface area (TPSA) is 119 Å². The fourth-order valence-electron chi connectivity index (χ4n) is 1.48. The van der Waals surface area contributed by atoms with Crippen LogP contribution in [0.25, 0.3) is 5.82 Å². The Morgan fingerprint density at radius 1 is 1.38 bits per heavy atom. The third kappa shape index (κ3) is 4.35. The number of nitrogens with zero attached hydrogens (tertiary/aromatic N) is 4. The molecule has 0 saturated heterocycles. The molecule has 0 saturated carbocycles. The summed E-state index contributed by atoms with van der Waals surface area (Å²) in [4.78, 5) is 29.9. The van der Waals surface area contributed by atoms with Gasteiger partial charge in [0.25, 0.3) is 5.91 Å². The standard InChI is InChI=1S/C12H13N5O4/c18-11(19)6-21-4-3-14-12(20)9-1-2-10(15-5-9)17-8-13-7-16-17/h1-2,5,7-8H,3-4,6H2,(H,14,20)(H,18,19). The van der Waals surface area contributed by atoms with Gasteiger partial charge in [-0.2, -0.15) is 5.10 Å². The lowest BCUT2D eigenvalue weighted by molar-refractivity contribution is -0.142. The van der Waals surface area contributed by atoms with Gasteiger partial charge in [0.05, 0.1) is 12.2 Å². The van der Waals surface area contributed by atoms with Gasteiger partial charge in [0.15, 0.2) is 5.82 Å². The molecule has 0 atom stereocenters. The number of carboxylic acids is 1. The van der Waals surface area contributed by atoms with Gasteiger partial charge >= 0.3 is 5.97 Å². The first-order valence-electron chi connectivity index (χ1n) is 6.05. The van der Waals surface area contributed by atoms with Crippen LogP contribution in [0.1, 0.15) is 10.4 Å². The van der Waals surface area contributed by atoms with Crippen molar-refractivity contribution < 1.29 is 19.4 Å². The maximum Gasteiger partial charge on any atom is 0.329 e. The number of nitrogens with one attached hydrogen (secondary N) is 1. The number of carbonyl (C=O) groups excluding carboxylic acids is 1. The largest absolute Gasteiger partial charge is 0.480 e. The van der Waals surface area contributed by atoms with Crippen LogP contribution in [-0.4, -0.2) is 56.5 Å². The van der Waals surface area contributed by atoms with Gasteiger partial charge in [-0.15, -0.1) is 0 Å². The number of rotatable bonds is 7. The maximum absolute atomic E-state index is 11.8. The molecule has 0 radical (unpaired) electrons. The highest BCUT2D eigenvalue weighted by molar-refractivity contribution is 5.93. The van der Waals surface area contributed by atoms with Gasteiger partial charge in [-0.1, -0.05) is 0 Å². The fourth-order valence-corrected chi connectivity index (χ4v) is 1.48. The summed E-state index contributed by atoms with van der Waals surface area (Å²) in [5, 5.41) is 14.9. The van der Waals surface area contributed by atoms with Crippen molar-refractivity contribution in [3.8, 4) is 5.82 Å². The Labute approximate surface area is 119 Å². The van der Waals surface area contributed by atoms with Crippen LogP contribution >= 0.6 is 0 Å². The Balaban J connectivity index is 1.81. The third-order valence-corrected chi connectivity index (χ3v) is 2.42. The van der Waals surface area contributed by atoms with E-state index in [2.05, 4.69) is 20.4 Å². The molecule has 2 N–H and O–H groups in total. The van der Waals surface area contributed by atoms with Crippen molar-refractivity contribution in [3.05, 3.63) is 36.5 Å². The molecular formula is C12H13N5O4. The summed E-state index contributed by atoms with van der Waals surface area (Å²) < 4.78 is 6.27. The molecule has 0 aromatic carbocycles. The maximum atomic E-state index is 11.8. The Morgan fingerprint density at radius 3 is 2.86 bits per heavy atom. The summed E-state index contributed by atoms with van der Waals surface area (Å²) in [6.07, 6.45) is 4.31. The lowest BCUT2D eigenvalue weighted by Crippen LogP contribution is -2.28. The Kier molecular flexibility index (Phi) is 4.94. The normalized spacial score (nSPS) is 10.3. The van der Waals surface area contributed by atoms with Gasteiger partial charge < -0.3 is 15.2 Å². The molecule has 2 heterocycles. The van der Waals surface area contributed by atoms with Crippen molar-refractivity contribution in [2.24, 2.45) is 0 Å². The van der Waals surface area contributed by atoms with E-state index in [0.29, 0.717) is 11.4 Å². The monoisotopic (exact) mass is 291 g/mol. The number of hydrogen-bond acceptors (Lipinski definition) is 6. The first kappa shape index (κ1) is 14.6. The van der Waals surface area contributed by atoms with Crippen LogP contribution in [0.2, 0.25) is 0 Å². The molecule has 2 aromatic heterocycles. The quantitative estimate of drug-likeness (QED) is 0.659. The van der Waals surface area contributed by atoms with E-state index >= 15 is 0 Å². The van der Waals surface area contributed by atoms with Gasteiger partial charge in [-0.05, 0) is 12.1 Å². The zero-order chi connectivity index (χ0) is 15.1. The molecule has 2 rings (SSSR count). The molecule has 110 valence electrons. The van der Waals surface area contributed by atoms with E-state index in [9.17, 15) is 9.59 Å². The SMILES string of the molecule is O=C(O)COCCNC(=O)c1ccc(-n2cncn2)nc1. The highest BCUT2D eigenvalue weighted by atomic mass is 16.5. The van der Waals surface area contributed by atoms with E-state index in [1.165, 1.54) is 23.5 Å². The third-order valence-electron chi connectivity index (χ3n) is 2.42. The van der Waals surface area contributed by atoms with E-state index < -0.39 is 5.97 Å². The van der Waals surface area contributed by atoms with Crippen LogP contribution in [0.15, 0.2) is 31.0 Å². The molecule has 9 heteroatoms. The summed E-state index contributed by atoms with van der Waals surface area (Å²) in [5.74, 6) is -0.811. The Bertz CT molecular complexity index is 597. The minimum Gasteiger partial charge on any atom is -0.480 e. The molecule has 21 heavy (non-hydrogen) atoms. The number of pyridine rings is 1. The highest BCUT2D eigenvalue weighted by Crippen LogP contribution is 2.03. The number of carbonyl (C=O) groups is 2. The zero-order valence-corrected chi connectivity index (χ0v) is 11.0. The van der Waals surface area contributed by atoms with E-state index in [1.54, 1.807) is 12.1 Å². The summed E-state index contributed by atoms with van der Waals surface area (Å²) >= 11 is 0. The van der Waals surface area contributed by atoms with Crippen LogP contribution in [0, 0.1) is 0 Å². The fraction of sp³-hybridized carbons (Fsp3) is 0.250. The molecule has 0 aliphatic carbocycles. The molecule has 2 aromatic rings. The lowest BCUT2D eigenvalue weighted by atomic mass is 10.2. The minimum atomic E-state index is -1.05. The van der Waals surface area contributed by atoms with E-state index in [-0.39, 0.29) is 25.7 Å². The van der Waals surface area contributed by atoms with Crippen LogP contribution < -0.4 is 5.32 Å². The first-order chi connectivity index (χ1) is 10.2. The van der Waals surface area contributed by atoms with Crippen molar-refractivity contribution in [2.45, 2.75) is 0 Å². The summed E-state index contributed by atoms with van der Waals surface area (Å²) in [6.45, 7) is -0.0382. The number of aromatic nitrogens is 4. The molecule has 9 nitrogen and oxygen atoms in total. The number of aliphatic carboxylic acids is 1. The van der Waals surface area contributed by atoms with Crippen molar-refractivity contribution in [2.75, 3.05) is 19.8 Å². The van der Waals surface area contributed by atoms with Crippen LogP contribution in [0.3, 0.4) is 0 Å². The average Bonchev–Trinajstić information content (AvgIpc) is 3.01. The Hall–Kier alpha value is -2.81. The summed E-state index contributed by atoms with van der Waals surface area (Å²) in [5.41, 5.74) is 0.386. The van der Waals surface area contributed by atoms with Crippen molar-refractivity contribution >= 4 is 11.9 Å². The van der Waals surface area contributed by atoms with E-state index in [4.69, 9.17) is 9.84 Å². The van der Waals surface area contributed by atoms with Gasteiger partial charge in [-0.3, -0.25) is 4.79 Å². The van der Waals surface area contributed by atoms with E-state index in [0.717, 1.165) is 0 Å². The number of hydrogen-bond donors (Lipinski definition) is 2. The van der Waals surface area contributed by atoms with Crippen LogP contribution in [0.5, 0.6) is 0 Å². The zero-order valence-electron chi connectivity index (χ0n) is 11.0. The smallest absolute Gasteiger partial charge is 0.329 e. The van der Waals surface area contributed by atoms with Crippen LogP contribution in [-0.2, 0) is 9.53 Å². The summed E-state index contributed by atoms with van der Waals surface area (Å²) in [6, 6.07) is 3.25. The molecule has 0 spiro atoms. The molecule has 0 aliphatic heterocycles. The van der Waals surface area contributed by atoms with Gasteiger partial charge in [0.2, 0.25) is 0 Å².